The van der Waals surface area contributed by atoms with Crippen molar-refractivity contribution in [2.45, 2.75) is 6.92 Å². The Balaban J connectivity index is 1.63. The van der Waals surface area contributed by atoms with Gasteiger partial charge in [-0.15, -0.1) is 10.2 Å². The number of carbonyl (C=O) groups is 1. The summed E-state index contributed by atoms with van der Waals surface area (Å²) in [7, 11) is 0. The van der Waals surface area contributed by atoms with E-state index in [1.54, 1.807) is 47.8 Å². The first-order valence-corrected chi connectivity index (χ1v) is 7.69. The maximum Gasteiger partial charge on any atom is 0.276 e. The molecule has 1 aromatic carbocycles. The second kappa shape index (κ2) is 6.12. The lowest BCUT2D eigenvalue weighted by molar-refractivity contribution is 0.102. The molecular formula is C18H14N6O. The minimum atomic E-state index is -0.308. The van der Waals surface area contributed by atoms with Gasteiger partial charge in [0.15, 0.2) is 11.5 Å². The van der Waals surface area contributed by atoms with Crippen LogP contribution in [0, 0.1) is 6.92 Å². The molecule has 122 valence electrons. The molecule has 3 heterocycles. The van der Waals surface area contributed by atoms with Crippen molar-refractivity contribution in [2.75, 3.05) is 5.32 Å². The summed E-state index contributed by atoms with van der Waals surface area (Å²) in [6, 6.07) is 9.18. The number of aromatic nitrogens is 5. The van der Waals surface area contributed by atoms with Crippen LogP contribution in [-0.2, 0) is 0 Å². The van der Waals surface area contributed by atoms with Crippen molar-refractivity contribution < 1.29 is 4.79 Å². The summed E-state index contributed by atoms with van der Waals surface area (Å²) in [4.78, 5) is 20.6. The number of carbonyl (C=O) groups excluding carboxylic acids is 1. The predicted molar refractivity (Wildman–Crippen MR) is 93.6 cm³/mol. The standard InChI is InChI=1S/C18H14N6O/c1-12-2-3-13-10-19-7-6-14(13)17(12)21-18(25)15-4-5-16(23-22-15)24-9-8-20-11-24/h2-11H,1H3,(H,21,25). The van der Waals surface area contributed by atoms with Crippen LogP contribution in [0.5, 0.6) is 0 Å². The molecule has 1 N–H and O–H groups in total. The van der Waals surface area contributed by atoms with Crippen LogP contribution in [-0.4, -0.2) is 30.6 Å². The molecule has 0 saturated carbocycles. The highest BCUT2D eigenvalue weighted by molar-refractivity contribution is 6.08. The Morgan fingerprint density at radius 3 is 2.72 bits per heavy atom. The van der Waals surface area contributed by atoms with Gasteiger partial charge in [-0.05, 0) is 30.7 Å². The SMILES string of the molecule is Cc1ccc2cnccc2c1NC(=O)c1ccc(-n2ccnc2)nn1. The molecular weight excluding hydrogens is 316 g/mol. The van der Waals surface area contributed by atoms with Crippen LogP contribution in [0.3, 0.4) is 0 Å². The van der Waals surface area contributed by atoms with E-state index in [1.807, 2.05) is 25.1 Å². The quantitative estimate of drug-likeness (QED) is 0.624. The van der Waals surface area contributed by atoms with Gasteiger partial charge in [-0.1, -0.05) is 12.1 Å². The minimum absolute atomic E-state index is 0.245. The zero-order valence-corrected chi connectivity index (χ0v) is 13.4. The lowest BCUT2D eigenvalue weighted by atomic mass is 10.1. The number of nitrogens with zero attached hydrogens (tertiary/aromatic N) is 5. The van der Waals surface area contributed by atoms with Crippen molar-refractivity contribution in [2.24, 2.45) is 0 Å². The van der Waals surface area contributed by atoms with Crippen LogP contribution in [0.2, 0.25) is 0 Å². The summed E-state index contributed by atoms with van der Waals surface area (Å²) >= 11 is 0. The van der Waals surface area contributed by atoms with Gasteiger partial charge in [0, 0.05) is 35.6 Å². The normalized spacial score (nSPS) is 10.8. The van der Waals surface area contributed by atoms with E-state index in [4.69, 9.17) is 0 Å². The molecule has 0 unspecified atom stereocenters. The molecule has 0 aliphatic carbocycles. The number of hydrogen-bond acceptors (Lipinski definition) is 5. The Labute approximate surface area is 143 Å². The summed E-state index contributed by atoms with van der Waals surface area (Å²) in [5, 5.41) is 12.9. The van der Waals surface area contributed by atoms with Gasteiger partial charge >= 0.3 is 0 Å². The molecule has 0 spiro atoms. The number of benzene rings is 1. The molecule has 7 nitrogen and oxygen atoms in total. The number of hydrogen-bond donors (Lipinski definition) is 1. The Morgan fingerprint density at radius 1 is 1.04 bits per heavy atom. The number of anilines is 1. The summed E-state index contributed by atoms with van der Waals surface area (Å²) in [5.74, 6) is 0.290. The molecule has 4 aromatic rings. The number of pyridine rings is 1. The molecule has 0 atom stereocenters. The molecule has 0 saturated heterocycles. The number of nitrogens with one attached hydrogen (secondary N) is 1. The third-order valence-electron chi connectivity index (χ3n) is 3.92. The lowest BCUT2D eigenvalue weighted by Gasteiger charge is -2.11. The van der Waals surface area contributed by atoms with E-state index in [2.05, 4.69) is 25.5 Å². The first-order valence-electron chi connectivity index (χ1n) is 7.69. The van der Waals surface area contributed by atoms with E-state index < -0.39 is 0 Å². The summed E-state index contributed by atoms with van der Waals surface area (Å²) in [6.07, 6.45) is 8.51. The van der Waals surface area contributed by atoms with Gasteiger partial charge < -0.3 is 5.32 Å². The predicted octanol–water partition coefficient (Wildman–Crippen LogP) is 2.77. The highest BCUT2D eigenvalue weighted by atomic mass is 16.1. The Bertz CT molecular complexity index is 1040. The molecule has 0 aliphatic rings. The number of fused-ring (bicyclic) bond motifs is 1. The zero-order chi connectivity index (χ0) is 17.2. The molecule has 25 heavy (non-hydrogen) atoms. The van der Waals surface area contributed by atoms with Crippen molar-refractivity contribution in [3.8, 4) is 5.82 Å². The van der Waals surface area contributed by atoms with Gasteiger partial charge in [0.2, 0.25) is 0 Å². The average Bonchev–Trinajstić information content (AvgIpc) is 3.19. The van der Waals surface area contributed by atoms with E-state index in [0.29, 0.717) is 5.82 Å². The molecule has 4 rings (SSSR count). The van der Waals surface area contributed by atoms with E-state index in [1.165, 1.54) is 0 Å². The average molecular weight is 330 g/mol. The summed E-state index contributed by atoms with van der Waals surface area (Å²) in [5.41, 5.74) is 1.97. The smallest absolute Gasteiger partial charge is 0.276 e. The fraction of sp³-hybridized carbons (Fsp3) is 0.0556. The van der Waals surface area contributed by atoms with Gasteiger partial charge in [-0.25, -0.2) is 4.98 Å². The van der Waals surface area contributed by atoms with Gasteiger partial charge in [0.25, 0.3) is 5.91 Å². The Hall–Kier alpha value is -3.61. The second-order valence-electron chi connectivity index (χ2n) is 5.56. The third kappa shape index (κ3) is 2.83. The second-order valence-corrected chi connectivity index (χ2v) is 5.56. The van der Waals surface area contributed by atoms with Crippen molar-refractivity contribution >= 4 is 22.4 Å². The third-order valence-corrected chi connectivity index (χ3v) is 3.92. The molecule has 1 amide bonds. The number of rotatable bonds is 3. The van der Waals surface area contributed by atoms with Crippen molar-refractivity contribution in [1.82, 2.24) is 24.7 Å². The fourth-order valence-electron chi connectivity index (χ4n) is 2.60. The van der Waals surface area contributed by atoms with Gasteiger partial charge in [0.1, 0.15) is 6.33 Å². The maximum absolute atomic E-state index is 12.6. The summed E-state index contributed by atoms with van der Waals surface area (Å²) < 4.78 is 1.72. The maximum atomic E-state index is 12.6. The van der Waals surface area contributed by atoms with Crippen molar-refractivity contribution in [3.63, 3.8) is 0 Å². The Morgan fingerprint density at radius 2 is 1.96 bits per heavy atom. The van der Waals surface area contributed by atoms with Crippen LogP contribution < -0.4 is 5.32 Å². The highest BCUT2D eigenvalue weighted by Crippen LogP contribution is 2.26. The number of aryl methyl sites for hydroxylation is 1. The molecule has 0 radical (unpaired) electrons. The highest BCUT2D eigenvalue weighted by Gasteiger charge is 2.13. The van der Waals surface area contributed by atoms with Crippen LogP contribution >= 0.6 is 0 Å². The lowest BCUT2D eigenvalue weighted by Crippen LogP contribution is -2.16. The molecule has 0 aliphatic heterocycles. The van der Waals surface area contributed by atoms with Gasteiger partial charge in [-0.2, -0.15) is 0 Å². The van der Waals surface area contributed by atoms with Crippen molar-refractivity contribution in [1.29, 1.82) is 0 Å². The van der Waals surface area contributed by atoms with E-state index in [-0.39, 0.29) is 11.6 Å². The molecule has 0 bridgehead atoms. The van der Waals surface area contributed by atoms with Crippen LogP contribution in [0.4, 0.5) is 5.69 Å². The summed E-state index contributed by atoms with van der Waals surface area (Å²) in [6.45, 7) is 1.95. The van der Waals surface area contributed by atoms with E-state index in [0.717, 1.165) is 22.0 Å². The monoisotopic (exact) mass is 330 g/mol. The molecule has 7 heteroatoms. The first kappa shape index (κ1) is 14.9. The van der Waals surface area contributed by atoms with Crippen LogP contribution in [0.25, 0.3) is 16.6 Å². The fourth-order valence-corrected chi connectivity index (χ4v) is 2.60. The van der Waals surface area contributed by atoms with Crippen LogP contribution in [0.15, 0.2) is 61.4 Å². The topological polar surface area (TPSA) is 85.6 Å². The van der Waals surface area contributed by atoms with Crippen LogP contribution in [0.1, 0.15) is 16.1 Å². The first-order chi connectivity index (χ1) is 12.2. The van der Waals surface area contributed by atoms with E-state index >= 15 is 0 Å². The minimum Gasteiger partial charge on any atom is -0.320 e. The Kier molecular flexibility index (Phi) is 3.66. The van der Waals surface area contributed by atoms with Gasteiger partial charge in [-0.3, -0.25) is 14.3 Å². The number of amides is 1. The molecule has 3 aromatic heterocycles. The zero-order valence-electron chi connectivity index (χ0n) is 13.4. The van der Waals surface area contributed by atoms with E-state index in [9.17, 15) is 4.79 Å². The number of imidazole rings is 1. The molecule has 0 fully saturated rings. The van der Waals surface area contributed by atoms with Crippen molar-refractivity contribution in [3.05, 3.63) is 72.7 Å². The van der Waals surface area contributed by atoms with Gasteiger partial charge in [0.05, 0.1) is 5.69 Å². The largest absolute Gasteiger partial charge is 0.320 e.